The van der Waals surface area contributed by atoms with Crippen molar-refractivity contribution in [2.75, 3.05) is 11.1 Å². The first-order valence-electron chi connectivity index (χ1n) is 8.73. The zero-order chi connectivity index (χ0) is 19.5. The van der Waals surface area contributed by atoms with E-state index in [1.54, 1.807) is 0 Å². The Bertz CT molecular complexity index is 1190. The highest BCUT2D eigenvalue weighted by atomic mass is 32.2. The minimum Gasteiger partial charge on any atom is -0.325 e. The molecule has 0 radical (unpaired) electrons. The van der Waals surface area contributed by atoms with Gasteiger partial charge in [0.25, 0.3) is 0 Å². The van der Waals surface area contributed by atoms with Crippen molar-refractivity contribution in [2.24, 2.45) is 0 Å². The van der Waals surface area contributed by atoms with Crippen molar-refractivity contribution in [2.45, 2.75) is 11.9 Å². The topological polar surface area (TPSA) is 79.0 Å². The number of H-pyrrole nitrogens is 1. The first-order chi connectivity index (χ1) is 13.6. The summed E-state index contributed by atoms with van der Waals surface area (Å²) in [5.41, 5.74) is 2.10. The molecule has 0 saturated carbocycles. The molecule has 0 aliphatic heterocycles. The zero-order valence-corrected chi connectivity index (χ0v) is 16.0. The fraction of sp³-hybridized carbons (Fsp3) is 0.0952. The molecule has 7 heteroatoms. The third kappa shape index (κ3) is 3.70. The molecule has 0 unspecified atom stereocenters. The third-order valence-electron chi connectivity index (χ3n) is 4.30. The lowest BCUT2D eigenvalue weighted by Crippen LogP contribution is -2.36. The van der Waals surface area contributed by atoms with Crippen LogP contribution in [0.3, 0.4) is 0 Å². The highest BCUT2D eigenvalue weighted by Crippen LogP contribution is 2.23. The van der Waals surface area contributed by atoms with Crippen LogP contribution in [0.25, 0.3) is 16.5 Å². The van der Waals surface area contributed by atoms with Crippen molar-refractivity contribution in [1.82, 2.24) is 5.27 Å². The number of nitrogens with one attached hydrogen (secondary N) is 2. The largest absolute Gasteiger partial charge is 0.442 e. The van der Waals surface area contributed by atoms with E-state index in [4.69, 9.17) is 4.52 Å². The Morgan fingerprint density at radius 2 is 1.82 bits per heavy atom. The normalized spacial score (nSPS) is 10.9. The number of anilines is 1. The second-order valence-corrected chi connectivity index (χ2v) is 7.28. The van der Waals surface area contributed by atoms with Crippen LogP contribution in [0.15, 0.2) is 81.1 Å². The van der Waals surface area contributed by atoms with Crippen LogP contribution in [0.2, 0.25) is 0 Å². The van der Waals surface area contributed by atoms with E-state index in [1.165, 1.54) is 4.68 Å². The van der Waals surface area contributed by atoms with Crippen molar-refractivity contribution in [3.05, 3.63) is 82.7 Å². The van der Waals surface area contributed by atoms with Gasteiger partial charge in [0.1, 0.15) is 0 Å². The van der Waals surface area contributed by atoms with Crippen LogP contribution in [0, 0.1) is 6.92 Å². The predicted octanol–water partition coefficient (Wildman–Crippen LogP) is 3.44. The second kappa shape index (κ2) is 7.74. The van der Waals surface area contributed by atoms with Crippen LogP contribution in [0.5, 0.6) is 0 Å². The van der Waals surface area contributed by atoms with Crippen molar-refractivity contribution in [3.8, 4) is 5.69 Å². The number of aryl methyl sites for hydroxylation is 1. The molecule has 1 amide bonds. The molecular weight excluding hydrogens is 374 g/mol. The van der Waals surface area contributed by atoms with Gasteiger partial charge in [-0.15, -0.1) is 0 Å². The van der Waals surface area contributed by atoms with Gasteiger partial charge in [0.15, 0.2) is 0 Å². The van der Waals surface area contributed by atoms with Gasteiger partial charge in [0.2, 0.25) is 11.6 Å². The Morgan fingerprint density at radius 1 is 1.07 bits per heavy atom. The summed E-state index contributed by atoms with van der Waals surface area (Å²) in [5, 5.41) is 7.85. The van der Waals surface area contributed by atoms with E-state index in [1.807, 2.05) is 73.7 Å². The van der Waals surface area contributed by atoms with Crippen molar-refractivity contribution >= 4 is 34.1 Å². The Morgan fingerprint density at radius 3 is 2.64 bits per heavy atom. The lowest BCUT2D eigenvalue weighted by atomic mass is 10.1. The third-order valence-corrected chi connectivity index (χ3v) is 5.33. The van der Waals surface area contributed by atoms with Crippen molar-refractivity contribution in [3.63, 3.8) is 0 Å². The summed E-state index contributed by atoms with van der Waals surface area (Å²) in [7, 11) is 0. The second-order valence-electron chi connectivity index (χ2n) is 6.32. The van der Waals surface area contributed by atoms with Gasteiger partial charge in [0.05, 0.1) is 5.75 Å². The Balaban J connectivity index is 1.50. The maximum atomic E-state index is 12.5. The van der Waals surface area contributed by atoms with Gasteiger partial charge in [-0.2, -0.15) is 0 Å². The molecular formula is C21H18N3O3S+. The monoisotopic (exact) mass is 392 g/mol. The van der Waals surface area contributed by atoms with E-state index in [2.05, 4.69) is 10.6 Å². The molecule has 0 atom stereocenters. The standard InChI is InChI=1S/C21H17N3O3S/c1-14-9-11-16(12-10-14)24-20(21(26)27-23-24)28-13-19(25)22-18-8-4-6-15-5-2-3-7-17(15)18/h2-12H,13H2,1H3,(H-,22,23,25,26)/p+1. The molecule has 1 heterocycles. The lowest BCUT2D eigenvalue weighted by molar-refractivity contribution is -0.704. The number of benzene rings is 3. The van der Waals surface area contributed by atoms with E-state index in [9.17, 15) is 9.59 Å². The minimum atomic E-state index is -0.511. The van der Waals surface area contributed by atoms with Gasteiger partial charge in [0, 0.05) is 23.2 Å². The maximum absolute atomic E-state index is 12.5. The summed E-state index contributed by atoms with van der Waals surface area (Å²) in [6.07, 6.45) is 0. The van der Waals surface area contributed by atoms with E-state index < -0.39 is 5.63 Å². The summed E-state index contributed by atoms with van der Waals surface area (Å²) in [4.78, 5) is 24.5. The highest BCUT2D eigenvalue weighted by Gasteiger charge is 2.25. The van der Waals surface area contributed by atoms with Gasteiger partial charge >= 0.3 is 10.7 Å². The fourth-order valence-electron chi connectivity index (χ4n) is 2.91. The molecule has 3 aromatic carbocycles. The molecule has 0 aliphatic rings. The van der Waals surface area contributed by atoms with Crippen LogP contribution in [0.1, 0.15) is 5.56 Å². The van der Waals surface area contributed by atoms with Crippen molar-refractivity contribution in [1.29, 1.82) is 0 Å². The number of thioether (sulfide) groups is 1. The molecule has 2 N–H and O–H groups in total. The number of hydrogen-bond acceptors (Lipinski definition) is 4. The number of aromatic nitrogens is 2. The van der Waals surface area contributed by atoms with E-state index in [0.29, 0.717) is 5.03 Å². The molecule has 28 heavy (non-hydrogen) atoms. The SMILES string of the molecule is Cc1ccc(-[n+]2[nH]oc(=O)c2SCC(=O)Nc2cccc3ccccc23)cc1. The summed E-state index contributed by atoms with van der Waals surface area (Å²) in [6.45, 7) is 1.99. The smallest absolute Gasteiger partial charge is 0.325 e. The van der Waals surface area contributed by atoms with Gasteiger partial charge in [-0.1, -0.05) is 54.1 Å². The first-order valence-corrected chi connectivity index (χ1v) is 9.71. The number of carbonyl (C=O) groups is 1. The molecule has 4 aromatic rings. The molecule has 0 fully saturated rings. The predicted molar refractivity (Wildman–Crippen MR) is 109 cm³/mol. The highest BCUT2D eigenvalue weighted by molar-refractivity contribution is 7.99. The number of fused-ring (bicyclic) bond motifs is 1. The summed E-state index contributed by atoms with van der Waals surface area (Å²) < 4.78 is 6.46. The lowest BCUT2D eigenvalue weighted by Gasteiger charge is -2.07. The van der Waals surface area contributed by atoms with Gasteiger partial charge in [-0.05, 0) is 40.1 Å². The number of nitrogens with zero attached hydrogens (tertiary/aromatic N) is 1. The molecule has 0 aliphatic carbocycles. The molecule has 0 spiro atoms. The molecule has 6 nitrogen and oxygen atoms in total. The Kier molecular flexibility index (Phi) is 4.99. The summed E-state index contributed by atoms with van der Waals surface area (Å²) in [5.74, 6) is -0.116. The number of aromatic amines is 1. The van der Waals surface area contributed by atoms with Crippen molar-refractivity contribution < 1.29 is 14.0 Å². The van der Waals surface area contributed by atoms with Gasteiger partial charge in [-0.3, -0.25) is 9.32 Å². The molecule has 1 aromatic heterocycles. The Labute approximate surface area is 165 Å². The average molecular weight is 392 g/mol. The van der Waals surface area contributed by atoms with Crippen LogP contribution in [-0.4, -0.2) is 16.9 Å². The number of hydrogen-bond donors (Lipinski definition) is 2. The Hall–Kier alpha value is -3.32. The fourth-order valence-corrected chi connectivity index (χ4v) is 3.68. The summed E-state index contributed by atoms with van der Waals surface area (Å²) in [6, 6.07) is 21.2. The molecule has 0 saturated heterocycles. The van der Waals surface area contributed by atoms with Crippen LogP contribution in [0.4, 0.5) is 5.69 Å². The van der Waals surface area contributed by atoms with Crippen LogP contribution < -0.4 is 15.6 Å². The van der Waals surface area contributed by atoms with Crippen LogP contribution >= 0.6 is 11.8 Å². The minimum absolute atomic E-state index is 0.0810. The maximum Gasteiger partial charge on any atom is 0.442 e. The number of rotatable bonds is 5. The molecule has 4 rings (SSSR count). The molecule has 0 bridgehead atoms. The summed E-state index contributed by atoms with van der Waals surface area (Å²) >= 11 is 1.13. The van der Waals surface area contributed by atoms with E-state index >= 15 is 0 Å². The van der Waals surface area contributed by atoms with E-state index in [-0.39, 0.29) is 11.7 Å². The van der Waals surface area contributed by atoms with Crippen LogP contribution in [-0.2, 0) is 4.79 Å². The quantitative estimate of drug-likeness (QED) is 0.403. The number of carbonyl (C=O) groups excluding carboxylic acids is 1. The zero-order valence-electron chi connectivity index (χ0n) is 15.1. The average Bonchev–Trinajstić information content (AvgIpc) is 3.08. The van der Waals surface area contributed by atoms with Gasteiger partial charge < -0.3 is 5.32 Å². The van der Waals surface area contributed by atoms with E-state index in [0.717, 1.165) is 39.5 Å². The first kappa shape index (κ1) is 18.1. The molecule has 140 valence electrons. The number of amides is 1. The van der Waals surface area contributed by atoms with Gasteiger partial charge in [-0.25, -0.2) is 4.79 Å².